The normalized spacial score (nSPS) is 9.96. The van der Waals surface area contributed by atoms with Crippen LogP contribution < -0.4 is 15.4 Å². The van der Waals surface area contributed by atoms with Crippen molar-refractivity contribution in [3.8, 4) is 5.75 Å². The molecule has 0 heterocycles. The number of amides is 2. The zero-order valence-corrected chi connectivity index (χ0v) is 13.3. The maximum Gasteiger partial charge on any atom is 0.411 e. The Morgan fingerprint density at radius 2 is 1.92 bits per heavy atom. The number of halogens is 1. The third-order valence-corrected chi connectivity index (χ3v) is 3.23. The van der Waals surface area contributed by atoms with Gasteiger partial charge in [-0.2, -0.15) is 0 Å². The van der Waals surface area contributed by atoms with E-state index < -0.39 is 11.9 Å². The van der Waals surface area contributed by atoms with Crippen LogP contribution in [0.25, 0.3) is 0 Å². The third-order valence-electron chi connectivity index (χ3n) is 3.23. The summed E-state index contributed by atoms with van der Waals surface area (Å²) >= 11 is 0. The van der Waals surface area contributed by atoms with E-state index in [4.69, 9.17) is 4.74 Å². The van der Waals surface area contributed by atoms with Crippen LogP contribution in [-0.4, -0.2) is 26.2 Å². The average molecular weight is 332 g/mol. The van der Waals surface area contributed by atoms with E-state index in [1.807, 2.05) is 0 Å². The van der Waals surface area contributed by atoms with Crippen LogP contribution in [0.5, 0.6) is 5.75 Å². The van der Waals surface area contributed by atoms with Crippen LogP contribution in [0.4, 0.5) is 14.9 Å². The Kier molecular flexibility index (Phi) is 5.73. The molecule has 0 fully saturated rings. The summed E-state index contributed by atoms with van der Waals surface area (Å²) in [6.45, 7) is 0.161. The average Bonchev–Trinajstić information content (AvgIpc) is 2.59. The molecule has 24 heavy (non-hydrogen) atoms. The number of anilines is 1. The van der Waals surface area contributed by atoms with Gasteiger partial charge in [-0.15, -0.1) is 0 Å². The summed E-state index contributed by atoms with van der Waals surface area (Å²) < 4.78 is 23.0. The van der Waals surface area contributed by atoms with Crippen LogP contribution in [0, 0.1) is 5.82 Å². The molecular formula is C17H17FN2O4. The van der Waals surface area contributed by atoms with Crippen LogP contribution in [0.2, 0.25) is 0 Å². The van der Waals surface area contributed by atoms with Gasteiger partial charge in [0, 0.05) is 17.8 Å². The lowest BCUT2D eigenvalue weighted by Crippen LogP contribution is -2.23. The largest absolute Gasteiger partial charge is 0.494 e. The van der Waals surface area contributed by atoms with Crippen LogP contribution >= 0.6 is 0 Å². The highest BCUT2D eigenvalue weighted by Gasteiger charge is 2.09. The minimum Gasteiger partial charge on any atom is -0.494 e. The molecule has 0 saturated heterocycles. The summed E-state index contributed by atoms with van der Waals surface area (Å²) in [7, 11) is 2.63. The summed E-state index contributed by atoms with van der Waals surface area (Å²) in [6, 6.07) is 10.8. The maximum atomic E-state index is 13.6. The molecule has 0 atom stereocenters. The predicted molar refractivity (Wildman–Crippen MR) is 86.6 cm³/mol. The number of carbonyl (C=O) groups excluding carboxylic acids is 2. The minimum atomic E-state index is -0.624. The maximum absolute atomic E-state index is 13.6. The number of benzene rings is 2. The molecule has 2 rings (SSSR count). The first-order valence-electron chi connectivity index (χ1n) is 7.09. The Morgan fingerprint density at radius 3 is 2.58 bits per heavy atom. The van der Waals surface area contributed by atoms with E-state index in [0.717, 1.165) is 0 Å². The highest BCUT2D eigenvalue weighted by Crippen LogP contribution is 2.17. The fourth-order valence-corrected chi connectivity index (χ4v) is 2.01. The third kappa shape index (κ3) is 4.45. The second kappa shape index (κ2) is 7.96. The Morgan fingerprint density at radius 1 is 1.12 bits per heavy atom. The van der Waals surface area contributed by atoms with Gasteiger partial charge in [-0.3, -0.25) is 10.1 Å². The SMILES string of the molecule is COC(=O)Nc1cccc(C(=O)NCc2ccc(OC)c(F)c2)c1. The first-order chi connectivity index (χ1) is 11.5. The van der Waals surface area contributed by atoms with Crippen molar-refractivity contribution >= 4 is 17.7 Å². The van der Waals surface area contributed by atoms with Crippen LogP contribution in [0.1, 0.15) is 15.9 Å². The van der Waals surface area contributed by atoms with Gasteiger partial charge >= 0.3 is 6.09 Å². The fourth-order valence-electron chi connectivity index (χ4n) is 2.01. The Balaban J connectivity index is 2.01. The van der Waals surface area contributed by atoms with E-state index in [1.165, 1.54) is 32.4 Å². The summed E-state index contributed by atoms with van der Waals surface area (Å²) in [5.74, 6) is -0.695. The Labute approximate surface area is 138 Å². The van der Waals surface area contributed by atoms with E-state index in [2.05, 4.69) is 15.4 Å². The Hall–Kier alpha value is -3.09. The molecule has 7 heteroatoms. The van der Waals surface area contributed by atoms with Gasteiger partial charge in [-0.05, 0) is 35.9 Å². The van der Waals surface area contributed by atoms with E-state index in [1.54, 1.807) is 24.3 Å². The van der Waals surface area contributed by atoms with Crippen molar-refractivity contribution in [3.05, 3.63) is 59.4 Å². The quantitative estimate of drug-likeness (QED) is 0.882. The summed E-state index contributed by atoms with van der Waals surface area (Å²) in [5.41, 5.74) is 1.40. The van der Waals surface area contributed by atoms with E-state index in [0.29, 0.717) is 16.8 Å². The number of hydrogen-bond donors (Lipinski definition) is 2. The monoisotopic (exact) mass is 332 g/mol. The van der Waals surface area contributed by atoms with Crippen molar-refractivity contribution in [3.63, 3.8) is 0 Å². The van der Waals surface area contributed by atoms with Gasteiger partial charge in [-0.1, -0.05) is 12.1 Å². The molecule has 0 radical (unpaired) electrons. The highest BCUT2D eigenvalue weighted by molar-refractivity contribution is 5.96. The lowest BCUT2D eigenvalue weighted by atomic mass is 10.1. The van der Waals surface area contributed by atoms with E-state index in [-0.39, 0.29) is 18.2 Å². The minimum absolute atomic E-state index is 0.145. The van der Waals surface area contributed by atoms with Crippen LogP contribution in [0.15, 0.2) is 42.5 Å². The molecule has 126 valence electrons. The smallest absolute Gasteiger partial charge is 0.411 e. The highest BCUT2D eigenvalue weighted by atomic mass is 19.1. The fraction of sp³-hybridized carbons (Fsp3) is 0.176. The molecule has 2 N–H and O–H groups in total. The Bertz CT molecular complexity index is 749. The second-order valence-electron chi connectivity index (χ2n) is 4.85. The first-order valence-corrected chi connectivity index (χ1v) is 7.09. The molecule has 0 aromatic heterocycles. The zero-order chi connectivity index (χ0) is 17.5. The molecule has 0 bridgehead atoms. The summed E-state index contributed by atoms with van der Waals surface area (Å²) in [4.78, 5) is 23.3. The number of carbonyl (C=O) groups is 2. The molecule has 6 nitrogen and oxygen atoms in total. The van der Waals surface area contributed by atoms with Gasteiger partial charge in [0.1, 0.15) is 0 Å². The standard InChI is InChI=1S/C17H17FN2O4/c1-23-15-7-6-11(8-14(15)18)10-19-16(21)12-4-3-5-13(9-12)20-17(22)24-2/h3-9H,10H2,1-2H3,(H,19,21)(H,20,22). The predicted octanol–water partition coefficient (Wildman–Crippen LogP) is 2.94. The number of ether oxygens (including phenoxy) is 2. The molecule has 0 aliphatic carbocycles. The number of methoxy groups -OCH3 is 2. The van der Waals surface area contributed by atoms with Gasteiger partial charge in [-0.25, -0.2) is 9.18 Å². The summed E-state index contributed by atoms with van der Waals surface area (Å²) in [6.07, 6.45) is -0.624. The second-order valence-corrected chi connectivity index (χ2v) is 4.85. The molecule has 2 aromatic rings. The van der Waals surface area contributed by atoms with Crippen LogP contribution in [0.3, 0.4) is 0 Å². The van der Waals surface area contributed by atoms with E-state index >= 15 is 0 Å². The number of nitrogens with one attached hydrogen (secondary N) is 2. The van der Waals surface area contributed by atoms with E-state index in [9.17, 15) is 14.0 Å². The van der Waals surface area contributed by atoms with Crippen molar-refractivity contribution in [2.45, 2.75) is 6.54 Å². The molecule has 2 amide bonds. The molecule has 0 aliphatic heterocycles. The molecule has 0 saturated carbocycles. The first kappa shape index (κ1) is 17.3. The number of hydrogen-bond acceptors (Lipinski definition) is 4. The topological polar surface area (TPSA) is 76.7 Å². The lowest BCUT2D eigenvalue weighted by molar-refractivity contribution is 0.0950. The number of rotatable bonds is 5. The zero-order valence-electron chi connectivity index (χ0n) is 13.3. The molecule has 0 unspecified atom stereocenters. The lowest BCUT2D eigenvalue weighted by Gasteiger charge is -2.09. The van der Waals surface area contributed by atoms with Crippen molar-refractivity contribution in [2.24, 2.45) is 0 Å². The van der Waals surface area contributed by atoms with Crippen molar-refractivity contribution < 1.29 is 23.5 Å². The summed E-state index contributed by atoms with van der Waals surface area (Å²) in [5, 5.41) is 5.16. The molecule has 0 aliphatic rings. The molecular weight excluding hydrogens is 315 g/mol. The van der Waals surface area contributed by atoms with Gasteiger partial charge in [0.15, 0.2) is 11.6 Å². The van der Waals surface area contributed by atoms with Gasteiger partial charge in [0.05, 0.1) is 14.2 Å². The molecule has 2 aromatic carbocycles. The van der Waals surface area contributed by atoms with Crippen LogP contribution in [-0.2, 0) is 11.3 Å². The molecule has 0 spiro atoms. The van der Waals surface area contributed by atoms with Gasteiger partial charge < -0.3 is 14.8 Å². The van der Waals surface area contributed by atoms with Crippen molar-refractivity contribution in [1.82, 2.24) is 5.32 Å². The van der Waals surface area contributed by atoms with Gasteiger partial charge in [0.25, 0.3) is 5.91 Å². The van der Waals surface area contributed by atoms with Gasteiger partial charge in [0.2, 0.25) is 0 Å². The van der Waals surface area contributed by atoms with Crippen molar-refractivity contribution in [2.75, 3.05) is 19.5 Å². The van der Waals surface area contributed by atoms with Crippen molar-refractivity contribution in [1.29, 1.82) is 0 Å².